The zero-order valence-electron chi connectivity index (χ0n) is 14.4. The number of aromatic nitrogens is 2. The van der Waals surface area contributed by atoms with Crippen LogP contribution >= 0.6 is 0 Å². The van der Waals surface area contributed by atoms with Crippen LogP contribution in [0.3, 0.4) is 0 Å². The van der Waals surface area contributed by atoms with E-state index in [4.69, 9.17) is 0 Å². The van der Waals surface area contributed by atoms with Crippen molar-refractivity contribution in [3.63, 3.8) is 0 Å². The third-order valence-corrected chi connectivity index (χ3v) is 4.22. The smallest absolute Gasteiger partial charge is 0.200 e. The van der Waals surface area contributed by atoms with Crippen LogP contribution in [-0.2, 0) is 6.54 Å². The van der Waals surface area contributed by atoms with Crippen molar-refractivity contribution in [2.75, 3.05) is 0 Å². The number of pyridine rings is 2. The molecule has 0 radical (unpaired) electrons. The summed E-state index contributed by atoms with van der Waals surface area (Å²) in [6.07, 6.45) is 1.67. The fourth-order valence-electron chi connectivity index (χ4n) is 3.08. The summed E-state index contributed by atoms with van der Waals surface area (Å²) in [6.45, 7) is 8.06. The second-order valence-electron chi connectivity index (χ2n) is 6.08. The summed E-state index contributed by atoms with van der Waals surface area (Å²) in [7, 11) is 0. The Kier molecular flexibility index (Phi) is 4.06. The molecule has 0 atom stereocenters. The van der Waals surface area contributed by atoms with Crippen LogP contribution in [0.15, 0.2) is 41.3 Å². The zero-order chi connectivity index (χ0) is 17.4. The number of aryl methyl sites for hydroxylation is 3. The van der Waals surface area contributed by atoms with Crippen LogP contribution in [0, 0.1) is 13.8 Å². The fourth-order valence-corrected chi connectivity index (χ4v) is 3.08. The normalized spacial score (nSPS) is 11.0. The number of Topliss-reactive ketones (excluding diaryl/α,β-unsaturated/α-hetero) is 1. The predicted octanol–water partition coefficient (Wildman–Crippen LogP) is 3.90. The molecule has 0 unspecified atom stereocenters. The highest BCUT2D eigenvalue weighted by Crippen LogP contribution is 2.25. The first-order valence-corrected chi connectivity index (χ1v) is 8.04. The summed E-state index contributed by atoms with van der Waals surface area (Å²) in [6, 6.07) is 9.83. The molecular formula is C20H20N2O2. The lowest BCUT2D eigenvalue weighted by Gasteiger charge is -2.12. The molecular weight excluding hydrogens is 300 g/mol. The van der Waals surface area contributed by atoms with Crippen molar-refractivity contribution < 1.29 is 4.79 Å². The van der Waals surface area contributed by atoms with Crippen LogP contribution in [0.5, 0.6) is 0 Å². The van der Waals surface area contributed by atoms with Gasteiger partial charge in [0.1, 0.15) is 0 Å². The molecule has 2 heterocycles. The Bertz CT molecular complexity index is 996. The van der Waals surface area contributed by atoms with Gasteiger partial charge < -0.3 is 4.57 Å². The summed E-state index contributed by atoms with van der Waals surface area (Å²) in [5.74, 6) is -0.200. The summed E-state index contributed by atoms with van der Waals surface area (Å²) >= 11 is 0. The van der Waals surface area contributed by atoms with E-state index in [9.17, 15) is 9.59 Å². The highest BCUT2D eigenvalue weighted by molar-refractivity contribution is 5.97. The molecule has 3 rings (SSSR count). The molecule has 0 bridgehead atoms. The average molecular weight is 320 g/mol. The van der Waals surface area contributed by atoms with Crippen LogP contribution in [0.4, 0.5) is 0 Å². The maximum atomic E-state index is 12.5. The molecule has 0 aliphatic heterocycles. The number of benzene rings is 1. The topological polar surface area (TPSA) is 52.0 Å². The molecule has 3 aromatic rings. The Morgan fingerprint density at radius 3 is 2.33 bits per heavy atom. The Morgan fingerprint density at radius 1 is 1.08 bits per heavy atom. The van der Waals surface area contributed by atoms with Crippen LogP contribution in [0.25, 0.3) is 22.0 Å². The minimum absolute atomic E-state index is 0.198. The minimum atomic E-state index is -0.200. The molecule has 1 aromatic carbocycles. The third kappa shape index (κ3) is 2.75. The molecule has 24 heavy (non-hydrogen) atoms. The van der Waals surface area contributed by atoms with Gasteiger partial charge in [-0.1, -0.05) is 6.07 Å². The van der Waals surface area contributed by atoms with Gasteiger partial charge in [-0.3, -0.25) is 14.6 Å². The molecule has 2 aromatic heterocycles. The second-order valence-corrected chi connectivity index (χ2v) is 6.08. The standard InChI is InChI=1S/C20H20N2O2/c1-5-22-11-18(14(4)23)20(24)17-7-6-15(10-19(17)22)16-8-12(2)21-13(3)9-16/h6-11H,5H2,1-4H3. The van der Waals surface area contributed by atoms with Crippen LogP contribution in [-0.4, -0.2) is 15.3 Å². The van der Waals surface area contributed by atoms with Gasteiger partial charge in [0.25, 0.3) is 0 Å². The van der Waals surface area contributed by atoms with E-state index in [0.717, 1.165) is 28.0 Å². The number of fused-ring (bicyclic) bond motifs is 1. The summed E-state index contributed by atoms with van der Waals surface area (Å²) in [5, 5.41) is 0.579. The zero-order valence-corrected chi connectivity index (χ0v) is 14.4. The van der Waals surface area contributed by atoms with Crippen molar-refractivity contribution in [3.8, 4) is 11.1 Å². The lowest BCUT2D eigenvalue weighted by Crippen LogP contribution is -2.17. The maximum Gasteiger partial charge on any atom is 0.200 e. The number of nitrogens with zero attached hydrogens (tertiary/aromatic N) is 2. The second kappa shape index (κ2) is 6.04. The van der Waals surface area contributed by atoms with Gasteiger partial charge in [-0.2, -0.15) is 0 Å². The van der Waals surface area contributed by atoms with Gasteiger partial charge in [0.2, 0.25) is 0 Å². The van der Waals surface area contributed by atoms with E-state index >= 15 is 0 Å². The number of ketones is 1. The fraction of sp³-hybridized carbons (Fsp3) is 0.250. The quantitative estimate of drug-likeness (QED) is 0.688. The molecule has 0 saturated heterocycles. The van der Waals surface area contributed by atoms with Crippen molar-refractivity contribution >= 4 is 16.7 Å². The van der Waals surface area contributed by atoms with Gasteiger partial charge in [-0.05, 0) is 63.1 Å². The van der Waals surface area contributed by atoms with Crippen LogP contribution < -0.4 is 5.43 Å². The van der Waals surface area contributed by atoms with Crippen molar-refractivity contribution in [2.45, 2.75) is 34.2 Å². The highest BCUT2D eigenvalue weighted by Gasteiger charge is 2.13. The van der Waals surface area contributed by atoms with Crippen LogP contribution in [0.1, 0.15) is 35.6 Å². The number of hydrogen-bond donors (Lipinski definition) is 0. The van der Waals surface area contributed by atoms with E-state index in [1.54, 1.807) is 6.20 Å². The van der Waals surface area contributed by atoms with Crippen LogP contribution in [0.2, 0.25) is 0 Å². The third-order valence-electron chi connectivity index (χ3n) is 4.22. The largest absolute Gasteiger partial charge is 0.347 e. The molecule has 4 heteroatoms. The van der Waals surface area contributed by atoms with E-state index in [1.807, 2.05) is 55.7 Å². The van der Waals surface area contributed by atoms with E-state index in [0.29, 0.717) is 11.9 Å². The average Bonchev–Trinajstić information content (AvgIpc) is 2.53. The number of hydrogen-bond acceptors (Lipinski definition) is 3. The molecule has 0 spiro atoms. The molecule has 0 aliphatic rings. The number of carbonyl (C=O) groups is 1. The van der Waals surface area contributed by atoms with Gasteiger partial charge in [-0.25, -0.2) is 0 Å². The Hall–Kier alpha value is -2.75. The van der Waals surface area contributed by atoms with Gasteiger partial charge in [0.05, 0.1) is 11.1 Å². The van der Waals surface area contributed by atoms with Crippen molar-refractivity contribution in [1.29, 1.82) is 0 Å². The maximum absolute atomic E-state index is 12.5. The first kappa shape index (κ1) is 16.1. The van der Waals surface area contributed by atoms with E-state index in [-0.39, 0.29) is 16.8 Å². The molecule has 0 amide bonds. The summed E-state index contributed by atoms with van der Waals surface area (Å²) in [4.78, 5) is 28.7. The lowest BCUT2D eigenvalue weighted by molar-refractivity contribution is 0.101. The highest BCUT2D eigenvalue weighted by atomic mass is 16.1. The molecule has 122 valence electrons. The van der Waals surface area contributed by atoms with Gasteiger partial charge in [0, 0.05) is 29.5 Å². The Balaban J connectivity index is 2.30. The van der Waals surface area contributed by atoms with Gasteiger partial charge in [0.15, 0.2) is 11.2 Å². The summed E-state index contributed by atoms with van der Waals surface area (Å²) in [5.41, 5.74) is 4.93. The molecule has 0 saturated carbocycles. The Morgan fingerprint density at radius 2 is 1.75 bits per heavy atom. The molecule has 0 N–H and O–H groups in total. The molecule has 4 nitrogen and oxygen atoms in total. The van der Waals surface area contributed by atoms with Gasteiger partial charge >= 0.3 is 0 Å². The van der Waals surface area contributed by atoms with E-state index in [1.165, 1.54) is 6.92 Å². The number of rotatable bonds is 3. The first-order valence-electron chi connectivity index (χ1n) is 8.04. The minimum Gasteiger partial charge on any atom is -0.347 e. The van der Waals surface area contributed by atoms with E-state index < -0.39 is 0 Å². The first-order chi connectivity index (χ1) is 11.4. The SMILES string of the molecule is CCn1cc(C(C)=O)c(=O)c2ccc(-c3cc(C)nc(C)c3)cc21. The molecule has 0 aliphatic carbocycles. The predicted molar refractivity (Wildman–Crippen MR) is 96.6 cm³/mol. The Labute approximate surface area is 140 Å². The monoisotopic (exact) mass is 320 g/mol. The van der Waals surface area contributed by atoms with Crippen molar-refractivity contribution in [2.24, 2.45) is 0 Å². The van der Waals surface area contributed by atoms with Crippen molar-refractivity contribution in [3.05, 3.63) is 63.7 Å². The summed E-state index contributed by atoms with van der Waals surface area (Å²) < 4.78 is 1.96. The van der Waals surface area contributed by atoms with Gasteiger partial charge in [-0.15, -0.1) is 0 Å². The van der Waals surface area contributed by atoms with Crippen molar-refractivity contribution in [1.82, 2.24) is 9.55 Å². The lowest BCUT2D eigenvalue weighted by atomic mass is 10.0. The number of carbonyl (C=O) groups excluding carboxylic acids is 1. The molecule has 0 fully saturated rings. The van der Waals surface area contributed by atoms with E-state index in [2.05, 4.69) is 4.98 Å².